The number of pyridine rings is 1. The Morgan fingerprint density at radius 1 is 1.40 bits per heavy atom. The second-order valence-corrected chi connectivity index (χ2v) is 4.09. The van der Waals surface area contributed by atoms with E-state index in [1.807, 2.05) is 26.0 Å². The molecule has 0 amide bonds. The lowest BCUT2D eigenvalue weighted by molar-refractivity contribution is 0.172. The average molecular weight is 208 g/mol. The van der Waals surface area contributed by atoms with Gasteiger partial charge in [-0.25, -0.2) is 4.98 Å². The number of aromatic nitrogens is 1. The molecule has 3 nitrogen and oxygen atoms in total. The Kier molecular flexibility index (Phi) is 4.09. The van der Waals surface area contributed by atoms with Crippen LogP contribution in [0.4, 0.5) is 5.82 Å². The second kappa shape index (κ2) is 5.12. The van der Waals surface area contributed by atoms with Gasteiger partial charge in [0.15, 0.2) is 0 Å². The molecule has 0 unspecified atom stereocenters. The van der Waals surface area contributed by atoms with Crippen LogP contribution in [-0.2, 0) is 0 Å². The van der Waals surface area contributed by atoms with Gasteiger partial charge in [0, 0.05) is 17.3 Å². The third-order valence-corrected chi connectivity index (χ3v) is 2.31. The molecule has 1 aromatic heterocycles. The third kappa shape index (κ3) is 3.20. The highest BCUT2D eigenvalue weighted by atomic mass is 16.3. The Labute approximate surface area is 91.5 Å². The number of hydrogen-bond donors (Lipinski definition) is 2. The number of nitrogens with zero attached hydrogens (tertiary/aromatic N) is 1. The van der Waals surface area contributed by atoms with E-state index < -0.39 is 6.10 Å². The van der Waals surface area contributed by atoms with Crippen LogP contribution in [0, 0.1) is 6.92 Å². The fourth-order valence-corrected chi connectivity index (χ4v) is 1.52. The number of nitrogens with one attached hydrogen (secondary N) is 1. The van der Waals surface area contributed by atoms with E-state index in [2.05, 4.69) is 24.1 Å². The molecule has 3 heteroatoms. The summed E-state index contributed by atoms with van der Waals surface area (Å²) in [6.45, 7) is 8.04. The molecule has 0 saturated carbocycles. The van der Waals surface area contributed by atoms with Gasteiger partial charge in [-0.05, 0) is 33.3 Å². The standard InChI is InChI=1S/C12H20N2O/c1-5-11(15)10-6-7-12(13-8(2)3)14-9(10)4/h6-8,11,15H,5H2,1-4H3,(H,13,14)/t11-/m0/s1. The summed E-state index contributed by atoms with van der Waals surface area (Å²) in [6, 6.07) is 4.24. The minimum atomic E-state index is -0.398. The first-order chi connectivity index (χ1) is 7.04. The van der Waals surface area contributed by atoms with Crippen LogP contribution in [0.15, 0.2) is 12.1 Å². The molecule has 15 heavy (non-hydrogen) atoms. The highest BCUT2D eigenvalue weighted by Gasteiger charge is 2.09. The Balaban J connectivity index is 2.88. The van der Waals surface area contributed by atoms with Crippen molar-refractivity contribution in [3.05, 3.63) is 23.4 Å². The van der Waals surface area contributed by atoms with Crippen LogP contribution in [0.3, 0.4) is 0 Å². The lowest BCUT2D eigenvalue weighted by Crippen LogP contribution is -2.12. The summed E-state index contributed by atoms with van der Waals surface area (Å²) in [5, 5.41) is 13.0. The lowest BCUT2D eigenvalue weighted by atomic mass is 10.1. The molecule has 84 valence electrons. The van der Waals surface area contributed by atoms with Crippen LogP contribution in [0.25, 0.3) is 0 Å². The van der Waals surface area contributed by atoms with E-state index >= 15 is 0 Å². The Morgan fingerprint density at radius 2 is 2.07 bits per heavy atom. The summed E-state index contributed by atoms with van der Waals surface area (Å²) in [6.07, 6.45) is 0.324. The molecule has 0 aromatic carbocycles. The van der Waals surface area contributed by atoms with Crippen molar-refractivity contribution in [2.24, 2.45) is 0 Å². The minimum Gasteiger partial charge on any atom is -0.388 e. The smallest absolute Gasteiger partial charge is 0.126 e. The molecule has 0 bridgehead atoms. The molecule has 1 rings (SSSR count). The molecular weight excluding hydrogens is 188 g/mol. The Morgan fingerprint density at radius 3 is 2.53 bits per heavy atom. The summed E-state index contributed by atoms with van der Waals surface area (Å²) >= 11 is 0. The molecule has 0 aliphatic heterocycles. The quantitative estimate of drug-likeness (QED) is 0.799. The number of aliphatic hydroxyl groups excluding tert-OH is 1. The number of rotatable bonds is 4. The SMILES string of the molecule is CC[C@H](O)c1ccc(NC(C)C)nc1C. The first-order valence-electron chi connectivity index (χ1n) is 5.46. The second-order valence-electron chi connectivity index (χ2n) is 4.09. The molecule has 0 spiro atoms. The largest absolute Gasteiger partial charge is 0.388 e. The van der Waals surface area contributed by atoms with E-state index in [4.69, 9.17) is 0 Å². The summed E-state index contributed by atoms with van der Waals surface area (Å²) in [5.74, 6) is 0.870. The van der Waals surface area contributed by atoms with E-state index in [0.29, 0.717) is 6.04 Å². The van der Waals surface area contributed by atoms with Crippen LogP contribution < -0.4 is 5.32 Å². The molecule has 0 fully saturated rings. The Bertz CT molecular complexity index is 323. The van der Waals surface area contributed by atoms with Crippen LogP contribution in [0.5, 0.6) is 0 Å². The van der Waals surface area contributed by atoms with Crippen molar-refractivity contribution in [1.82, 2.24) is 4.98 Å². The van der Waals surface area contributed by atoms with Crippen molar-refractivity contribution < 1.29 is 5.11 Å². The minimum absolute atomic E-state index is 0.374. The summed E-state index contributed by atoms with van der Waals surface area (Å²) in [7, 11) is 0. The highest BCUT2D eigenvalue weighted by molar-refractivity contribution is 5.39. The lowest BCUT2D eigenvalue weighted by Gasteiger charge is -2.14. The van der Waals surface area contributed by atoms with Gasteiger partial charge in [0.2, 0.25) is 0 Å². The molecule has 0 radical (unpaired) electrons. The highest BCUT2D eigenvalue weighted by Crippen LogP contribution is 2.20. The van der Waals surface area contributed by atoms with Gasteiger partial charge in [-0.2, -0.15) is 0 Å². The summed E-state index contributed by atoms with van der Waals surface area (Å²) in [4.78, 5) is 4.41. The topological polar surface area (TPSA) is 45.1 Å². The monoisotopic (exact) mass is 208 g/mol. The van der Waals surface area contributed by atoms with E-state index in [1.165, 1.54) is 0 Å². The zero-order chi connectivity index (χ0) is 11.4. The molecule has 2 N–H and O–H groups in total. The normalized spacial score (nSPS) is 12.9. The van der Waals surface area contributed by atoms with E-state index in [1.54, 1.807) is 0 Å². The summed E-state index contributed by atoms with van der Waals surface area (Å²) < 4.78 is 0. The van der Waals surface area contributed by atoms with Crippen molar-refractivity contribution in [3.63, 3.8) is 0 Å². The van der Waals surface area contributed by atoms with Crippen molar-refractivity contribution in [1.29, 1.82) is 0 Å². The zero-order valence-corrected chi connectivity index (χ0v) is 9.91. The first-order valence-corrected chi connectivity index (χ1v) is 5.46. The maximum absolute atomic E-state index is 9.72. The van der Waals surface area contributed by atoms with Crippen molar-refractivity contribution in [2.45, 2.75) is 46.3 Å². The van der Waals surface area contributed by atoms with E-state index in [-0.39, 0.29) is 0 Å². The number of hydrogen-bond acceptors (Lipinski definition) is 3. The van der Waals surface area contributed by atoms with Gasteiger partial charge in [-0.1, -0.05) is 13.0 Å². The molecule has 1 heterocycles. The van der Waals surface area contributed by atoms with Gasteiger partial charge in [0.1, 0.15) is 5.82 Å². The van der Waals surface area contributed by atoms with Gasteiger partial charge in [0.25, 0.3) is 0 Å². The van der Waals surface area contributed by atoms with Crippen molar-refractivity contribution in [2.75, 3.05) is 5.32 Å². The van der Waals surface area contributed by atoms with Crippen molar-refractivity contribution in [3.8, 4) is 0 Å². The zero-order valence-electron chi connectivity index (χ0n) is 9.91. The third-order valence-electron chi connectivity index (χ3n) is 2.31. The molecular formula is C12H20N2O. The number of anilines is 1. The van der Waals surface area contributed by atoms with Crippen molar-refractivity contribution >= 4 is 5.82 Å². The maximum Gasteiger partial charge on any atom is 0.126 e. The Hall–Kier alpha value is -1.09. The summed E-state index contributed by atoms with van der Waals surface area (Å²) in [5.41, 5.74) is 1.82. The van der Waals surface area contributed by atoms with Gasteiger partial charge in [-0.15, -0.1) is 0 Å². The fourth-order valence-electron chi connectivity index (χ4n) is 1.52. The first kappa shape index (κ1) is 12.0. The predicted octanol–water partition coefficient (Wildman–Crippen LogP) is 2.65. The molecule has 1 aromatic rings. The van der Waals surface area contributed by atoms with Gasteiger partial charge < -0.3 is 10.4 Å². The maximum atomic E-state index is 9.72. The van der Waals surface area contributed by atoms with Crippen LogP contribution in [0.2, 0.25) is 0 Å². The molecule has 0 saturated heterocycles. The number of aliphatic hydroxyl groups is 1. The van der Waals surface area contributed by atoms with Crippen LogP contribution in [-0.4, -0.2) is 16.1 Å². The molecule has 1 atom stereocenters. The molecule has 0 aliphatic carbocycles. The van der Waals surface area contributed by atoms with Gasteiger partial charge in [0.05, 0.1) is 6.10 Å². The van der Waals surface area contributed by atoms with Crippen LogP contribution in [0.1, 0.15) is 44.6 Å². The fraction of sp³-hybridized carbons (Fsp3) is 0.583. The predicted molar refractivity (Wildman–Crippen MR) is 63.0 cm³/mol. The van der Waals surface area contributed by atoms with Crippen LogP contribution >= 0.6 is 0 Å². The molecule has 0 aliphatic rings. The van der Waals surface area contributed by atoms with Gasteiger partial charge >= 0.3 is 0 Å². The number of aryl methyl sites for hydroxylation is 1. The van der Waals surface area contributed by atoms with E-state index in [0.717, 1.165) is 23.5 Å². The average Bonchev–Trinajstić information content (AvgIpc) is 2.16. The van der Waals surface area contributed by atoms with E-state index in [9.17, 15) is 5.11 Å². The van der Waals surface area contributed by atoms with Gasteiger partial charge in [-0.3, -0.25) is 0 Å².